The Morgan fingerprint density at radius 2 is 1.70 bits per heavy atom. The van der Waals surface area contributed by atoms with Crippen molar-refractivity contribution in [3.8, 4) is 0 Å². The van der Waals surface area contributed by atoms with Crippen LogP contribution < -0.4 is 9.80 Å². The quantitative estimate of drug-likeness (QED) is 0.770. The molecule has 4 rings (SSSR count). The van der Waals surface area contributed by atoms with Crippen molar-refractivity contribution in [2.24, 2.45) is 0 Å². The van der Waals surface area contributed by atoms with Crippen LogP contribution in [0, 0.1) is 5.82 Å². The van der Waals surface area contributed by atoms with Gasteiger partial charge in [0, 0.05) is 24.8 Å². The number of anilines is 2. The summed E-state index contributed by atoms with van der Waals surface area (Å²) in [6.45, 7) is 7.82. The summed E-state index contributed by atoms with van der Waals surface area (Å²) in [7, 11) is 0. The van der Waals surface area contributed by atoms with Gasteiger partial charge in [0.05, 0.1) is 12.1 Å². The van der Waals surface area contributed by atoms with Crippen molar-refractivity contribution in [2.45, 2.75) is 51.5 Å². The molecule has 142 valence electrons. The van der Waals surface area contributed by atoms with E-state index in [0.29, 0.717) is 12.1 Å². The number of hydrogen-bond donors (Lipinski definition) is 0. The number of fused-ring (bicyclic) bond motifs is 1. The number of halogens is 1. The summed E-state index contributed by atoms with van der Waals surface area (Å²) in [5.74, 6) is 0.0406. The Labute approximate surface area is 160 Å². The minimum absolute atomic E-state index is 0.0597. The van der Waals surface area contributed by atoms with Crippen molar-refractivity contribution in [3.63, 3.8) is 0 Å². The van der Waals surface area contributed by atoms with Crippen LogP contribution in [0.2, 0.25) is 0 Å². The number of hydrogen-bond acceptors (Lipinski definition) is 2. The molecule has 0 unspecified atom stereocenters. The first-order chi connectivity index (χ1) is 12.8. The predicted octanol–water partition coefficient (Wildman–Crippen LogP) is 4.68. The van der Waals surface area contributed by atoms with Crippen LogP contribution in [0.3, 0.4) is 0 Å². The lowest BCUT2D eigenvalue weighted by molar-refractivity contribution is -0.117. The summed E-state index contributed by atoms with van der Waals surface area (Å²) in [6, 6.07) is 13.9. The second-order valence-corrected chi connectivity index (χ2v) is 8.70. The van der Waals surface area contributed by atoms with Gasteiger partial charge in [-0.3, -0.25) is 4.79 Å². The summed E-state index contributed by atoms with van der Waals surface area (Å²) in [6.07, 6.45) is 2.22. The van der Waals surface area contributed by atoms with E-state index < -0.39 is 0 Å². The van der Waals surface area contributed by atoms with Gasteiger partial charge in [-0.25, -0.2) is 4.39 Å². The number of para-hydroxylation sites is 1. The van der Waals surface area contributed by atoms with Gasteiger partial charge in [0.1, 0.15) is 5.82 Å². The number of nitrogens with zero attached hydrogens (tertiary/aromatic N) is 2. The zero-order valence-corrected chi connectivity index (χ0v) is 16.3. The molecule has 0 saturated carbocycles. The van der Waals surface area contributed by atoms with Crippen molar-refractivity contribution in [1.29, 1.82) is 0 Å². The fourth-order valence-corrected chi connectivity index (χ4v) is 4.27. The first-order valence-electron chi connectivity index (χ1n) is 9.79. The van der Waals surface area contributed by atoms with E-state index in [1.807, 2.05) is 41.3 Å². The lowest BCUT2D eigenvalue weighted by atomic mass is 9.87. The zero-order valence-electron chi connectivity index (χ0n) is 16.3. The van der Waals surface area contributed by atoms with Crippen molar-refractivity contribution >= 4 is 17.3 Å². The third-order valence-electron chi connectivity index (χ3n) is 5.85. The molecule has 2 aromatic rings. The van der Waals surface area contributed by atoms with Crippen molar-refractivity contribution in [3.05, 3.63) is 59.4 Å². The van der Waals surface area contributed by atoms with E-state index in [2.05, 4.69) is 25.7 Å². The standard InChI is InChI=1S/C23H27FN2O/c1-23(2,3)17-8-9-21(19(24)15-17)25-12-10-18(11-13-25)26-20-7-5-4-6-16(20)14-22(26)27/h4-9,15,18H,10-14H2,1-3H3. The molecule has 0 aromatic heterocycles. The highest BCUT2D eigenvalue weighted by molar-refractivity contribution is 6.01. The van der Waals surface area contributed by atoms with Crippen LogP contribution in [-0.4, -0.2) is 25.0 Å². The molecule has 2 heterocycles. The number of benzene rings is 2. The van der Waals surface area contributed by atoms with Crippen LogP contribution in [0.4, 0.5) is 15.8 Å². The second kappa shape index (κ2) is 6.66. The highest BCUT2D eigenvalue weighted by Gasteiger charge is 2.35. The third kappa shape index (κ3) is 3.33. The topological polar surface area (TPSA) is 23.6 Å². The Morgan fingerprint density at radius 1 is 1.00 bits per heavy atom. The highest BCUT2D eigenvalue weighted by Crippen LogP contribution is 2.35. The maximum atomic E-state index is 14.7. The van der Waals surface area contributed by atoms with Crippen LogP contribution in [0.25, 0.3) is 0 Å². The molecule has 27 heavy (non-hydrogen) atoms. The molecule has 0 atom stereocenters. The van der Waals surface area contributed by atoms with Gasteiger partial charge in [0.2, 0.25) is 5.91 Å². The molecule has 0 N–H and O–H groups in total. The van der Waals surface area contributed by atoms with Gasteiger partial charge in [0.15, 0.2) is 0 Å². The average Bonchev–Trinajstić information content (AvgIpc) is 2.97. The van der Waals surface area contributed by atoms with Crippen molar-refractivity contribution in [1.82, 2.24) is 0 Å². The summed E-state index contributed by atoms with van der Waals surface area (Å²) in [5, 5.41) is 0. The second-order valence-electron chi connectivity index (χ2n) is 8.70. The van der Waals surface area contributed by atoms with Gasteiger partial charge in [-0.1, -0.05) is 45.0 Å². The molecule has 2 aliphatic rings. The molecule has 2 aromatic carbocycles. The van der Waals surface area contributed by atoms with E-state index in [9.17, 15) is 9.18 Å². The summed E-state index contributed by atoms with van der Waals surface area (Å²) in [4.78, 5) is 16.6. The number of rotatable bonds is 2. The smallest absolute Gasteiger partial charge is 0.231 e. The monoisotopic (exact) mass is 366 g/mol. The van der Waals surface area contributed by atoms with Gasteiger partial charge in [-0.05, 0) is 47.6 Å². The van der Waals surface area contributed by atoms with Gasteiger partial charge in [0.25, 0.3) is 0 Å². The average molecular weight is 366 g/mol. The van der Waals surface area contributed by atoms with E-state index in [1.54, 1.807) is 6.07 Å². The lowest BCUT2D eigenvalue weighted by Crippen LogP contribution is -2.46. The number of carbonyl (C=O) groups excluding carboxylic acids is 1. The first kappa shape index (κ1) is 18.0. The van der Waals surface area contributed by atoms with E-state index in [1.165, 1.54) is 0 Å². The predicted molar refractivity (Wildman–Crippen MR) is 108 cm³/mol. The molecule has 0 spiro atoms. The maximum Gasteiger partial charge on any atom is 0.231 e. The number of carbonyl (C=O) groups is 1. The van der Waals surface area contributed by atoms with Gasteiger partial charge in [-0.2, -0.15) is 0 Å². The SMILES string of the molecule is CC(C)(C)c1ccc(N2CCC(N3C(=O)Cc4ccccc43)CC2)c(F)c1. The van der Waals surface area contributed by atoms with Crippen molar-refractivity contribution < 1.29 is 9.18 Å². The van der Waals surface area contributed by atoms with Crippen LogP contribution in [0.15, 0.2) is 42.5 Å². The number of amides is 1. The molecule has 4 heteroatoms. The molecule has 0 aliphatic carbocycles. The normalized spacial score (nSPS) is 18.1. The first-order valence-corrected chi connectivity index (χ1v) is 9.79. The van der Waals surface area contributed by atoms with E-state index >= 15 is 0 Å². The molecule has 3 nitrogen and oxygen atoms in total. The lowest BCUT2D eigenvalue weighted by Gasteiger charge is -2.38. The maximum absolute atomic E-state index is 14.7. The fourth-order valence-electron chi connectivity index (χ4n) is 4.27. The fraction of sp³-hybridized carbons (Fsp3) is 0.435. The molecular formula is C23H27FN2O. The summed E-state index contributed by atoms with van der Waals surface area (Å²) >= 11 is 0. The minimum Gasteiger partial charge on any atom is -0.369 e. The van der Waals surface area contributed by atoms with Gasteiger partial charge in [-0.15, -0.1) is 0 Å². The Morgan fingerprint density at radius 3 is 2.37 bits per heavy atom. The largest absolute Gasteiger partial charge is 0.369 e. The molecule has 0 radical (unpaired) electrons. The Bertz CT molecular complexity index is 863. The minimum atomic E-state index is -0.150. The van der Waals surface area contributed by atoms with Gasteiger partial charge < -0.3 is 9.80 Å². The molecule has 1 amide bonds. The van der Waals surface area contributed by atoms with Crippen LogP contribution >= 0.6 is 0 Å². The molecule has 1 saturated heterocycles. The van der Waals surface area contributed by atoms with Crippen LogP contribution in [-0.2, 0) is 16.6 Å². The number of piperidine rings is 1. The summed E-state index contributed by atoms with van der Waals surface area (Å²) in [5.41, 5.74) is 3.80. The zero-order chi connectivity index (χ0) is 19.2. The van der Waals surface area contributed by atoms with Gasteiger partial charge >= 0.3 is 0 Å². The van der Waals surface area contributed by atoms with Crippen molar-refractivity contribution in [2.75, 3.05) is 22.9 Å². The Hall–Kier alpha value is -2.36. The molecular weight excluding hydrogens is 339 g/mol. The molecule has 0 bridgehead atoms. The highest BCUT2D eigenvalue weighted by atomic mass is 19.1. The third-order valence-corrected chi connectivity index (χ3v) is 5.85. The van der Waals surface area contributed by atoms with E-state index in [-0.39, 0.29) is 23.2 Å². The Balaban J connectivity index is 1.48. The van der Waals surface area contributed by atoms with E-state index in [4.69, 9.17) is 0 Å². The molecule has 1 fully saturated rings. The summed E-state index contributed by atoms with van der Waals surface area (Å²) < 4.78 is 14.7. The Kier molecular flexibility index (Phi) is 4.45. The van der Waals surface area contributed by atoms with Crippen LogP contribution in [0.1, 0.15) is 44.7 Å². The van der Waals surface area contributed by atoms with Crippen LogP contribution in [0.5, 0.6) is 0 Å². The van der Waals surface area contributed by atoms with E-state index in [0.717, 1.165) is 42.7 Å². The molecule has 2 aliphatic heterocycles.